The standard InChI is InChI=1S/C21H25N3O3.ClH/c1-22-12-15-8-9-23(13-15)20(25)18-11-16-5-2-3-6-17(16)14-24(18)21(26)19-7-4-10-27-19;/h2-7,10,15,18,22H,8-9,11-14H2,1H3;1H. The molecule has 2 unspecified atom stereocenters. The molecule has 1 aromatic carbocycles. The number of halogens is 1. The predicted molar refractivity (Wildman–Crippen MR) is 108 cm³/mol. The summed E-state index contributed by atoms with van der Waals surface area (Å²) in [5.41, 5.74) is 2.24. The molecular weight excluding hydrogens is 378 g/mol. The number of nitrogens with zero attached hydrogens (tertiary/aromatic N) is 2. The fraction of sp³-hybridized carbons (Fsp3) is 0.429. The summed E-state index contributed by atoms with van der Waals surface area (Å²) in [5.74, 6) is 0.576. The second-order valence-electron chi connectivity index (χ2n) is 7.40. The van der Waals surface area contributed by atoms with Crippen LogP contribution in [0, 0.1) is 5.92 Å². The number of amides is 2. The first kappa shape index (κ1) is 20.4. The number of nitrogens with one attached hydrogen (secondary N) is 1. The molecule has 6 nitrogen and oxygen atoms in total. The Morgan fingerprint density at radius 2 is 1.96 bits per heavy atom. The molecule has 2 atom stereocenters. The fourth-order valence-corrected chi connectivity index (χ4v) is 4.20. The normalized spacial score (nSPS) is 21.2. The van der Waals surface area contributed by atoms with Gasteiger partial charge in [0.2, 0.25) is 5.91 Å². The zero-order valence-electron chi connectivity index (χ0n) is 16.0. The topological polar surface area (TPSA) is 65.8 Å². The highest BCUT2D eigenvalue weighted by Gasteiger charge is 2.39. The molecule has 1 aromatic heterocycles. The minimum atomic E-state index is -0.481. The fourth-order valence-electron chi connectivity index (χ4n) is 4.20. The van der Waals surface area contributed by atoms with E-state index in [-0.39, 0.29) is 30.0 Å². The lowest BCUT2D eigenvalue weighted by Crippen LogP contribution is -2.53. The van der Waals surface area contributed by atoms with Crippen molar-refractivity contribution in [1.29, 1.82) is 0 Å². The molecule has 2 aliphatic rings. The van der Waals surface area contributed by atoms with Gasteiger partial charge in [-0.05, 0) is 49.2 Å². The molecule has 0 aliphatic carbocycles. The summed E-state index contributed by atoms with van der Waals surface area (Å²) in [7, 11) is 1.94. The smallest absolute Gasteiger partial charge is 0.290 e. The van der Waals surface area contributed by atoms with Crippen molar-refractivity contribution in [3.05, 3.63) is 59.5 Å². The Labute approximate surface area is 171 Å². The van der Waals surface area contributed by atoms with Crippen molar-refractivity contribution in [2.45, 2.75) is 25.4 Å². The Balaban J connectivity index is 0.00000225. The second kappa shape index (κ2) is 8.80. The first-order valence-corrected chi connectivity index (χ1v) is 9.52. The first-order valence-electron chi connectivity index (χ1n) is 9.52. The Morgan fingerprint density at radius 3 is 2.68 bits per heavy atom. The zero-order valence-corrected chi connectivity index (χ0v) is 16.8. The highest BCUT2D eigenvalue weighted by molar-refractivity contribution is 5.96. The van der Waals surface area contributed by atoms with Gasteiger partial charge in [-0.3, -0.25) is 9.59 Å². The molecule has 1 saturated heterocycles. The van der Waals surface area contributed by atoms with E-state index < -0.39 is 6.04 Å². The van der Waals surface area contributed by atoms with Crippen LogP contribution in [-0.2, 0) is 17.8 Å². The third-order valence-electron chi connectivity index (χ3n) is 5.62. The second-order valence-corrected chi connectivity index (χ2v) is 7.40. The van der Waals surface area contributed by atoms with Crippen molar-refractivity contribution in [3.63, 3.8) is 0 Å². The van der Waals surface area contributed by atoms with E-state index in [2.05, 4.69) is 11.4 Å². The lowest BCUT2D eigenvalue weighted by Gasteiger charge is -2.37. The van der Waals surface area contributed by atoms with E-state index in [1.54, 1.807) is 17.0 Å². The highest BCUT2D eigenvalue weighted by Crippen LogP contribution is 2.28. The lowest BCUT2D eigenvalue weighted by molar-refractivity contribution is -0.135. The third kappa shape index (κ3) is 3.93. The van der Waals surface area contributed by atoms with Crippen LogP contribution in [0.5, 0.6) is 0 Å². The summed E-state index contributed by atoms with van der Waals surface area (Å²) in [5, 5.41) is 3.19. The van der Waals surface area contributed by atoms with Crippen molar-refractivity contribution < 1.29 is 14.0 Å². The average molecular weight is 404 g/mol. The molecule has 2 amide bonds. The molecule has 0 radical (unpaired) electrons. The molecule has 0 bridgehead atoms. The summed E-state index contributed by atoms with van der Waals surface area (Å²) < 4.78 is 5.31. The van der Waals surface area contributed by atoms with Gasteiger partial charge >= 0.3 is 0 Å². The Hall–Kier alpha value is -2.31. The van der Waals surface area contributed by atoms with Gasteiger partial charge in [-0.2, -0.15) is 0 Å². The monoisotopic (exact) mass is 403 g/mol. The van der Waals surface area contributed by atoms with E-state index in [1.165, 1.54) is 6.26 Å². The molecule has 1 fully saturated rings. The molecule has 150 valence electrons. The maximum atomic E-state index is 13.3. The summed E-state index contributed by atoms with van der Waals surface area (Å²) in [6, 6.07) is 10.9. The number of furan rings is 1. The van der Waals surface area contributed by atoms with Gasteiger partial charge in [-0.25, -0.2) is 0 Å². The minimum absolute atomic E-state index is 0. The number of benzene rings is 1. The van der Waals surface area contributed by atoms with E-state index >= 15 is 0 Å². The van der Waals surface area contributed by atoms with Crippen molar-refractivity contribution in [3.8, 4) is 0 Å². The summed E-state index contributed by atoms with van der Waals surface area (Å²) in [6.45, 7) is 2.85. The van der Waals surface area contributed by atoms with Crippen LogP contribution < -0.4 is 5.32 Å². The molecular formula is C21H26ClN3O3. The first-order chi connectivity index (χ1) is 13.2. The van der Waals surface area contributed by atoms with E-state index in [0.29, 0.717) is 18.9 Å². The minimum Gasteiger partial charge on any atom is -0.459 e. The maximum absolute atomic E-state index is 13.3. The molecule has 0 saturated carbocycles. The van der Waals surface area contributed by atoms with E-state index in [9.17, 15) is 9.59 Å². The number of fused-ring (bicyclic) bond motifs is 1. The summed E-state index contributed by atoms with van der Waals surface area (Å²) >= 11 is 0. The Morgan fingerprint density at radius 1 is 1.18 bits per heavy atom. The van der Waals surface area contributed by atoms with Gasteiger partial charge in [0, 0.05) is 26.1 Å². The van der Waals surface area contributed by atoms with Gasteiger partial charge in [0.1, 0.15) is 6.04 Å². The molecule has 3 heterocycles. The molecule has 0 spiro atoms. The summed E-state index contributed by atoms with van der Waals surface area (Å²) in [4.78, 5) is 29.9. The molecule has 2 aliphatic heterocycles. The van der Waals surface area contributed by atoms with Gasteiger partial charge in [0.15, 0.2) is 5.76 Å². The lowest BCUT2D eigenvalue weighted by atomic mass is 9.93. The van der Waals surface area contributed by atoms with Crippen LogP contribution in [0.25, 0.3) is 0 Å². The largest absolute Gasteiger partial charge is 0.459 e. The third-order valence-corrected chi connectivity index (χ3v) is 5.62. The van der Waals surface area contributed by atoms with Gasteiger partial charge in [-0.15, -0.1) is 12.4 Å². The van der Waals surface area contributed by atoms with Crippen LogP contribution in [0.2, 0.25) is 0 Å². The van der Waals surface area contributed by atoms with Gasteiger partial charge in [-0.1, -0.05) is 24.3 Å². The molecule has 28 heavy (non-hydrogen) atoms. The quantitative estimate of drug-likeness (QED) is 0.850. The number of likely N-dealkylation sites (tertiary alicyclic amines) is 1. The maximum Gasteiger partial charge on any atom is 0.290 e. The van der Waals surface area contributed by atoms with E-state index in [1.807, 2.05) is 30.1 Å². The average Bonchev–Trinajstić information content (AvgIpc) is 3.38. The summed E-state index contributed by atoms with van der Waals surface area (Å²) in [6.07, 6.45) is 3.04. The van der Waals surface area contributed by atoms with Crippen molar-refractivity contribution in [2.24, 2.45) is 5.92 Å². The Kier molecular flexibility index (Phi) is 6.42. The number of rotatable bonds is 4. The Bertz CT molecular complexity index is 824. The van der Waals surface area contributed by atoms with Crippen LogP contribution in [0.15, 0.2) is 47.1 Å². The zero-order chi connectivity index (χ0) is 18.8. The van der Waals surface area contributed by atoms with Crippen LogP contribution >= 0.6 is 12.4 Å². The number of carbonyl (C=O) groups excluding carboxylic acids is 2. The number of hydrogen-bond donors (Lipinski definition) is 1. The van der Waals surface area contributed by atoms with Crippen molar-refractivity contribution >= 4 is 24.2 Å². The highest BCUT2D eigenvalue weighted by atomic mass is 35.5. The van der Waals surface area contributed by atoms with E-state index in [0.717, 1.165) is 37.2 Å². The van der Waals surface area contributed by atoms with Gasteiger partial charge in [0.05, 0.1) is 6.26 Å². The van der Waals surface area contributed by atoms with Crippen LogP contribution in [-0.4, -0.2) is 54.3 Å². The SMILES string of the molecule is CNCC1CCN(C(=O)C2Cc3ccccc3CN2C(=O)c2ccco2)C1.Cl. The van der Waals surface area contributed by atoms with Gasteiger partial charge < -0.3 is 19.5 Å². The van der Waals surface area contributed by atoms with Crippen LogP contribution in [0.1, 0.15) is 28.1 Å². The van der Waals surface area contributed by atoms with Crippen molar-refractivity contribution in [2.75, 3.05) is 26.7 Å². The van der Waals surface area contributed by atoms with E-state index in [4.69, 9.17) is 4.42 Å². The predicted octanol–water partition coefficient (Wildman–Crippen LogP) is 2.34. The number of hydrogen-bond acceptors (Lipinski definition) is 4. The molecule has 7 heteroatoms. The molecule has 2 aromatic rings. The molecule has 1 N–H and O–H groups in total. The van der Waals surface area contributed by atoms with Crippen LogP contribution in [0.4, 0.5) is 0 Å². The molecule has 4 rings (SSSR count). The van der Waals surface area contributed by atoms with Crippen molar-refractivity contribution in [1.82, 2.24) is 15.1 Å². The number of carbonyl (C=O) groups is 2. The van der Waals surface area contributed by atoms with Gasteiger partial charge in [0.25, 0.3) is 5.91 Å². The van der Waals surface area contributed by atoms with Crippen LogP contribution in [0.3, 0.4) is 0 Å².